The molecule has 1 aromatic heterocycles. The van der Waals surface area contributed by atoms with Crippen LogP contribution in [0.5, 0.6) is 0 Å². The lowest BCUT2D eigenvalue weighted by Crippen LogP contribution is -2.19. The van der Waals surface area contributed by atoms with Gasteiger partial charge in [-0.15, -0.1) is 23.1 Å². The Morgan fingerprint density at radius 2 is 2.25 bits per heavy atom. The number of fused-ring (bicyclic) bond motifs is 1. The van der Waals surface area contributed by atoms with Gasteiger partial charge in [0.1, 0.15) is 0 Å². The highest BCUT2D eigenvalue weighted by Gasteiger charge is 2.26. The third-order valence-corrected chi connectivity index (χ3v) is 6.01. The smallest absolute Gasteiger partial charge is 0.0992 e. The summed E-state index contributed by atoms with van der Waals surface area (Å²) < 4.78 is 1.38. The van der Waals surface area contributed by atoms with Crippen molar-refractivity contribution in [1.29, 1.82) is 5.26 Å². The van der Waals surface area contributed by atoms with Crippen molar-refractivity contribution in [3.8, 4) is 6.07 Å². The molecule has 1 unspecified atom stereocenters. The second-order valence-electron chi connectivity index (χ2n) is 4.83. The van der Waals surface area contributed by atoms with Gasteiger partial charge in [-0.25, -0.2) is 0 Å². The number of thiophene rings is 1. The summed E-state index contributed by atoms with van der Waals surface area (Å²) >= 11 is 9.97. The lowest BCUT2D eigenvalue weighted by atomic mass is 10.0. The van der Waals surface area contributed by atoms with Crippen molar-refractivity contribution in [3.05, 3.63) is 45.8 Å². The highest BCUT2D eigenvalue weighted by molar-refractivity contribution is 8.01. The van der Waals surface area contributed by atoms with E-state index in [2.05, 4.69) is 29.8 Å². The lowest BCUT2D eigenvalue weighted by Gasteiger charge is -2.28. The van der Waals surface area contributed by atoms with E-state index in [1.165, 1.54) is 9.77 Å². The van der Waals surface area contributed by atoms with Crippen LogP contribution in [0.3, 0.4) is 0 Å². The highest BCUT2D eigenvalue weighted by Crippen LogP contribution is 2.45. The first kappa shape index (κ1) is 13.8. The van der Waals surface area contributed by atoms with Crippen molar-refractivity contribution in [1.82, 2.24) is 0 Å². The summed E-state index contributed by atoms with van der Waals surface area (Å²) in [7, 11) is 0. The molecule has 0 aliphatic carbocycles. The minimum atomic E-state index is 0.263. The van der Waals surface area contributed by atoms with Gasteiger partial charge in [0, 0.05) is 5.25 Å². The normalized spacial score (nSPS) is 21.1. The van der Waals surface area contributed by atoms with Gasteiger partial charge in [0.15, 0.2) is 0 Å². The van der Waals surface area contributed by atoms with Gasteiger partial charge < -0.3 is 5.32 Å². The molecule has 0 fully saturated rings. The van der Waals surface area contributed by atoms with Gasteiger partial charge in [0.2, 0.25) is 0 Å². The van der Waals surface area contributed by atoms with Gasteiger partial charge in [-0.2, -0.15) is 5.26 Å². The van der Waals surface area contributed by atoms with Crippen LogP contribution < -0.4 is 5.32 Å². The molecule has 3 rings (SSSR count). The number of nitrogens with one attached hydrogen (secondary N) is 1. The Labute approximate surface area is 131 Å². The summed E-state index contributed by atoms with van der Waals surface area (Å²) in [6, 6.07) is 9.93. The van der Waals surface area contributed by atoms with E-state index in [9.17, 15) is 0 Å². The number of benzene rings is 1. The van der Waals surface area contributed by atoms with Crippen molar-refractivity contribution in [2.75, 3.05) is 5.32 Å². The number of nitriles is 1. The van der Waals surface area contributed by atoms with Gasteiger partial charge in [-0.05, 0) is 41.6 Å². The zero-order valence-corrected chi connectivity index (χ0v) is 13.3. The van der Waals surface area contributed by atoms with Crippen LogP contribution in [0.25, 0.3) is 0 Å². The predicted octanol–water partition coefficient (Wildman–Crippen LogP) is 5.31. The van der Waals surface area contributed by atoms with E-state index >= 15 is 0 Å². The Kier molecular flexibility index (Phi) is 3.93. The van der Waals surface area contributed by atoms with Crippen molar-refractivity contribution in [3.63, 3.8) is 0 Å². The molecule has 1 N–H and O–H groups in total. The number of anilines is 1. The average Bonchev–Trinajstić information content (AvgIpc) is 2.89. The molecule has 1 aromatic carbocycles. The molecule has 20 heavy (non-hydrogen) atoms. The highest BCUT2D eigenvalue weighted by atomic mass is 35.5. The van der Waals surface area contributed by atoms with Gasteiger partial charge >= 0.3 is 0 Å². The molecule has 1 aliphatic heterocycles. The first-order chi connectivity index (χ1) is 9.67. The molecule has 102 valence electrons. The summed E-state index contributed by atoms with van der Waals surface area (Å²) in [5, 5.41) is 15.9. The number of halogens is 1. The fourth-order valence-electron chi connectivity index (χ4n) is 2.38. The number of nitrogens with zero attached hydrogens (tertiary/aromatic N) is 1. The maximum absolute atomic E-state index is 9.00. The van der Waals surface area contributed by atoms with E-state index in [1.54, 1.807) is 23.5 Å². The molecule has 5 heteroatoms. The largest absolute Gasteiger partial charge is 0.377 e. The molecule has 2 atom stereocenters. The molecular formula is C15H13ClN2S2. The molecule has 0 radical (unpaired) electrons. The van der Waals surface area contributed by atoms with E-state index in [0.717, 1.165) is 12.1 Å². The monoisotopic (exact) mass is 320 g/mol. The summed E-state index contributed by atoms with van der Waals surface area (Å²) in [5.41, 5.74) is 2.81. The molecule has 0 bridgehead atoms. The number of thioether (sulfide) groups is 1. The number of hydrogen-bond acceptors (Lipinski definition) is 4. The van der Waals surface area contributed by atoms with Crippen LogP contribution in [0.2, 0.25) is 5.02 Å². The maximum atomic E-state index is 9.00. The summed E-state index contributed by atoms with van der Waals surface area (Å²) in [6.45, 7) is 2.25. The Hall–Kier alpha value is -1.15. The van der Waals surface area contributed by atoms with Crippen LogP contribution in [0.1, 0.15) is 30.5 Å². The van der Waals surface area contributed by atoms with E-state index in [4.69, 9.17) is 16.9 Å². The van der Waals surface area contributed by atoms with Crippen molar-refractivity contribution in [2.45, 2.75) is 28.8 Å². The average molecular weight is 321 g/mol. The standard InChI is InChI=1S/C15H13ClN2S2/c1-9-6-13(11-4-5-19-15(11)20-9)18-14-7-10(8-17)2-3-12(14)16/h2-5,7,9,13,18H,6H2,1H3/t9-,13?/m0/s1. The maximum Gasteiger partial charge on any atom is 0.0992 e. The molecule has 0 spiro atoms. The third-order valence-electron chi connectivity index (χ3n) is 3.33. The molecular weight excluding hydrogens is 308 g/mol. The lowest BCUT2D eigenvalue weighted by molar-refractivity contribution is 0.670. The second-order valence-corrected chi connectivity index (χ2v) is 7.86. The fraction of sp³-hybridized carbons (Fsp3) is 0.267. The number of rotatable bonds is 2. The first-order valence-electron chi connectivity index (χ1n) is 6.37. The Bertz CT molecular complexity index is 675. The van der Waals surface area contributed by atoms with Crippen LogP contribution in [0.4, 0.5) is 5.69 Å². The van der Waals surface area contributed by atoms with Crippen LogP contribution in [-0.4, -0.2) is 5.25 Å². The van der Waals surface area contributed by atoms with Gasteiger partial charge in [-0.1, -0.05) is 18.5 Å². The summed E-state index contributed by atoms with van der Waals surface area (Å²) in [5.74, 6) is 0. The summed E-state index contributed by atoms with van der Waals surface area (Å²) in [6.07, 6.45) is 1.06. The predicted molar refractivity (Wildman–Crippen MR) is 86.8 cm³/mol. The van der Waals surface area contributed by atoms with E-state index in [-0.39, 0.29) is 6.04 Å². The van der Waals surface area contributed by atoms with E-state index in [0.29, 0.717) is 15.8 Å². The SMILES string of the molecule is C[C@H]1CC(Nc2cc(C#N)ccc2Cl)c2ccsc2S1. The Morgan fingerprint density at radius 1 is 1.40 bits per heavy atom. The molecule has 1 aliphatic rings. The first-order valence-corrected chi connectivity index (χ1v) is 8.51. The van der Waals surface area contributed by atoms with E-state index in [1.807, 2.05) is 17.8 Å². The van der Waals surface area contributed by atoms with Gasteiger partial charge in [0.25, 0.3) is 0 Å². The summed E-state index contributed by atoms with van der Waals surface area (Å²) in [4.78, 5) is 0. The minimum absolute atomic E-state index is 0.263. The molecule has 2 aromatic rings. The topological polar surface area (TPSA) is 35.8 Å². The fourth-order valence-corrected chi connectivity index (χ4v) is 5.12. The molecule has 0 saturated carbocycles. The van der Waals surface area contributed by atoms with Crippen molar-refractivity contribution < 1.29 is 0 Å². The van der Waals surface area contributed by atoms with Crippen LogP contribution in [0, 0.1) is 11.3 Å². The molecule has 2 heterocycles. The van der Waals surface area contributed by atoms with Gasteiger partial charge in [-0.3, -0.25) is 0 Å². The van der Waals surface area contributed by atoms with Gasteiger partial charge in [0.05, 0.1) is 32.6 Å². The van der Waals surface area contributed by atoms with Crippen LogP contribution >= 0.6 is 34.7 Å². The number of hydrogen-bond donors (Lipinski definition) is 1. The van der Waals surface area contributed by atoms with Crippen LogP contribution in [0.15, 0.2) is 33.9 Å². The third kappa shape index (κ3) is 2.67. The second kappa shape index (κ2) is 5.69. The molecule has 0 amide bonds. The van der Waals surface area contributed by atoms with Crippen LogP contribution in [-0.2, 0) is 0 Å². The van der Waals surface area contributed by atoms with Crippen molar-refractivity contribution in [2.24, 2.45) is 0 Å². The Balaban J connectivity index is 1.91. The zero-order chi connectivity index (χ0) is 14.1. The molecule has 0 saturated heterocycles. The van der Waals surface area contributed by atoms with E-state index < -0.39 is 0 Å². The molecule has 2 nitrogen and oxygen atoms in total. The Morgan fingerprint density at radius 3 is 3.05 bits per heavy atom. The van der Waals surface area contributed by atoms with Crippen molar-refractivity contribution >= 4 is 40.4 Å². The zero-order valence-electron chi connectivity index (χ0n) is 10.9. The minimum Gasteiger partial charge on any atom is -0.377 e. The quantitative estimate of drug-likeness (QED) is 0.814.